The molecule has 2 amide bonds. The molecule has 0 fully saturated rings. The third-order valence-electron chi connectivity index (χ3n) is 3.34. The highest BCUT2D eigenvalue weighted by Gasteiger charge is 2.17. The van der Waals surface area contributed by atoms with E-state index in [1.165, 1.54) is 31.2 Å². The van der Waals surface area contributed by atoms with Gasteiger partial charge in [0.1, 0.15) is 17.3 Å². The lowest BCUT2D eigenvalue weighted by Crippen LogP contribution is -2.47. The van der Waals surface area contributed by atoms with Crippen molar-refractivity contribution in [3.63, 3.8) is 0 Å². The van der Waals surface area contributed by atoms with Gasteiger partial charge in [0.15, 0.2) is 6.10 Å². The number of aryl methyl sites for hydroxylation is 2. The first-order valence-corrected chi connectivity index (χ1v) is 7.29. The molecule has 2 aromatic rings. The summed E-state index contributed by atoms with van der Waals surface area (Å²) in [5, 5.41) is 3.76. The molecule has 2 N–H and O–H groups in total. The minimum atomic E-state index is -0.866. The van der Waals surface area contributed by atoms with Crippen LogP contribution in [0.25, 0.3) is 0 Å². The normalized spacial score (nSPS) is 11.7. The number of carbonyl (C=O) groups is 2. The fraction of sp³-hybridized carbons (Fsp3) is 0.312. The molecular weight excluding hydrogens is 317 g/mol. The second-order valence-electron chi connectivity index (χ2n) is 5.23. The van der Waals surface area contributed by atoms with Crippen LogP contribution in [0, 0.1) is 19.7 Å². The predicted molar refractivity (Wildman–Crippen MR) is 82.5 cm³/mol. The van der Waals surface area contributed by atoms with Crippen molar-refractivity contribution in [2.45, 2.75) is 33.3 Å². The van der Waals surface area contributed by atoms with Crippen LogP contribution in [0.1, 0.15) is 23.9 Å². The molecule has 0 saturated heterocycles. The summed E-state index contributed by atoms with van der Waals surface area (Å²) in [7, 11) is 0. The van der Waals surface area contributed by atoms with E-state index in [1.54, 1.807) is 13.8 Å². The maximum atomic E-state index is 12.8. The minimum Gasteiger partial charge on any atom is -0.481 e. The molecule has 2 rings (SSSR count). The van der Waals surface area contributed by atoms with Crippen LogP contribution in [0.4, 0.5) is 4.39 Å². The number of hydrazine groups is 1. The van der Waals surface area contributed by atoms with E-state index in [0.717, 1.165) is 0 Å². The molecule has 0 spiro atoms. The van der Waals surface area contributed by atoms with E-state index in [0.29, 0.717) is 22.8 Å². The van der Waals surface area contributed by atoms with Crippen LogP contribution >= 0.6 is 0 Å². The zero-order chi connectivity index (χ0) is 17.7. The third kappa shape index (κ3) is 4.55. The molecule has 7 nitrogen and oxygen atoms in total. The van der Waals surface area contributed by atoms with Gasteiger partial charge in [-0.05, 0) is 45.0 Å². The quantitative estimate of drug-likeness (QED) is 0.809. The third-order valence-corrected chi connectivity index (χ3v) is 3.34. The average Bonchev–Trinajstić information content (AvgIpc) is 2.86. The Balaban J connectivity index is 1.81. The van der Waals surface area contributed by atoms with E-state index >= 15 is 0 Å². The van der Waals surface area contributed by atoms with E-state index in [1.807, 2.05) is 0 Å². The van der Waals surface area contributed by atoms with Gasteiger partial charge in [-0.3, -0.25) is 20.4 Å². The van der Waals surface area contributed by atoms with Crippen molar-refractivity contribution in [3.05, 3.63) is 47.1 Å². The highest BCUT2D eigenvalue weighted by atomic mass is 19.1. The van der Waals surface area contributed by atoms with Crippen LogP contribution in [-0.2, 0) is 16.0 Å². The summed E-state index contributed by atoms with van der Waals surface area (Å²) in [6.45, 7) is 4.95. The number of hydrogen-bond acceptors (Lipinski definition) is 5. The minimum absolute atomic E-state index is 0.0364. The van der Waals surface area contributed by atoms with Gasteiger partial charge in [0.25, 0.3) is 5.91 Å². The summed E-state index contributed by atoms with van der Waals surface area (Å²) in [6.07, 6.45) is -0.830. The summed E-state index contributed by atoms with van der Waals surface area (Å²) in [5.41, 5.74) is 5.88. The molecule has 1 atom stereocenters. The highest BCUT2D eigenvalue weighted by molar-refractivity contribution is 5.85. The zero-order valence-corrected chi connectivity index (χ0v) is 13.6. The summed E-state index contributed by atoms with van der Waals surface area (Å²) in [6, 6.07) is 5.28. The van der Waals surface area contributed by atoms with Crippen molar-refractivity contribution >= 4 is 11.8 Å². The first kappa shape index (κ1) is 17.5. The van der Waals surface area contributed by atoms with Gasteiger partial charge in [0, 0.05) is 5.56 Å². The van der Waals surface area contributed by atoms with Crippen LogP contribution in [0.15, 0.2) is 28.8 Å². The van der Waals surface area contributed by atoms with Crippen molar-refractivity contribution in [2.24, 2.45) is 0 Å². The van der Waals surface area contributed by atoms with Crippen LogP contribution in [0.2, 0.25) is 0 Å². The monoisotopic (exact) mass is 335 g/mol. The van der Waals surface area contributed by atoms with Crippen LogP contribution in [0.5, 0.6) is 5.75 Å². The van der Waals surface area contributed by atoms with Crippen LogP contribution < -0.4 is 15.6 Å². The van der Waals surface area contributed by atoms with Crippen molar-refractivity contribution < 1.29 is 23.2 Å². The average molecular weight is 335 g/mol. The first-order valence-electron chi connectivity index (χ1n) is 7.29. The smallest absolute Gasteiger partial charge is 0.279 e. The molecule has 0 aliphatic rings. The Morgan fingerprint density at radius 2 is 1.92 bits per heavy atom. The maximum absolute atomic E-state index is 12.8. The molecule has 0 aliphatic heterocycles. The zero-order valence-electron chi connectivity index (χ0n) is 13.6. The Morgan fingerprint density at radius 3 is 2.50 bits per heavy atom. The maximum Gasteiger partial charge on any atom is 0.279 e. The topological polar surface area (TPSA) is 93.5 Å². The highest BCUT2D eigenvalue weighted by Crippen LogP contribution is 2.13. The Hall–Kier alpha value is -2.90. The number of nitrogens with one attached hydrogen (secondary N) is 2. The number of ether oxygens (including phenoxy) is 1. The standard InChI is InChI=1S/C16H18FN3O4/c1-9-14(10(2)24-20-9)8-15(21)18-19-16(22)11(3)23-13-6-4-12(17)5-7-13/h4-7,11H,8H2,1-3H3,(H,18,21)(H,19,22). The van der Waals surface area contributed by atoms with Gasteiger partial charge in [0.2, 0.25) is 5.91 Å². The predicted octanol–water partition coefficient (Wildman–Crippen LogP) is 1.59. The Bertz CT molecular complexity index is 708. The van der Waals surface area contributed by atoms with Crippen molar-refractivity contribution in [1.29, 1.82) is 0 Å². The Morgan fingerprint density at radius 1 is 1.25 bits per heavy atom. The lowest BCUT2D eigenvalue weighted by Gasteiger charge is -2.15. The molecule has 1 heterocycles. The van der Waals surface area contributed by atoms with Gasteiger partial charge in [-0.25, -0.2) is 4.39 Å². The van der Waals surface area contributed by atoms with E-state index in [9.17, 15) is 14.0 Å². The number of aromatic nitrogens is 1. The largest absolute Gasteiger partial charge is 0.481 e. The molecule has 1 aromatic heterocycles. The lowest BCUT2D eigenvalue weighted by atomic mass is 10.1. The van der Waals surface area contributed by atoms with Crippen molar-refractivity contribution in [2.75, 3.05) is 0 Å². The van der Waals surface area contributed by atoms with Gasteiger partial charge < -0.3 is 9.26 Å². The number of rotatable bonds is 5. The second kappa shape index (κ2) is 7.58. The number of nitrogens with zero attached hydrogens (tertiary/aromatic N) is 1. The summed E-state index contributed by atoms with van der Waals surface area (Å²) < 4.78 is 23.1. The van der Waals surface area contributed by atoms with Crippen LogP contribution in [-0.4, -0.2) is 23.1 Å². The van der Waals surface area contributed by atoms with Crippen molar-refractivity contribution in [1.82, 2.24) is 16.0 Å². The summed E-state index contributed by atoms with van der Waals surface area (Å²) in [5.74, 6) is -0.438. The van der Waals surface area contributed by atoms with Crippen molar-refractivity contribution in [3.8, 4) is 5.75 Å². The fourth-order valence-electron chi connectivity index (χ4n) is 1.96. The van der Waals surface area contributed by atoms with Gasteiger partial charge in [0.05, 0.1) is 12.1 Å². The van der Waals surface area contributed by atoms with E-state index in [2.05, 4.69) is 16.0 Å². The number of benzene rings is 1. The molecule has 1 unspecified atom stereocenters. The molecule has 1 aromatic carbocycles. The number of hydrogen-bond donors (Lipinski definition) is 2. The van der Waals surface area contributed by atoms with Gasteiger partial charge in [-0.2, -0.15) is 0 Å². The second-order valence-corrected chi connectivity index (χ2v) is 5.23. The van der Waals surface area contributed by atoms with E-state index in [-0.39, 0.29) is 6.42 Å². The SMILES string of the molecule is Cc1noc(C)c1CC(=O)NNC(=O)C(C)Oc1ccc(F)cc1. The Kier molecular flexibility index (Phi) is 5.51. The summed E-state index contributed by atoms with van der Waals surface area (Å²) >= 11 is 0. The molecule has 8 heteroatoms. The van der Waals surface area contributed by atoms with Gasteiger partial charge in [-0.15, -0.1) is 0 Å². The first-order chi connectivity index (χ1) is 11.4. The Labute approximate surface area is 138 Å². The number of amides is 2. The van der Waals surface area contributed by atoms with Gasteiger partial charge in [-0.1, -0.05) is 5.16 Å². The van der Waals surface area contributed by atoms with Crippen LogP contribution in [0.3, 0.4) is 0 Å². The molecule has 0 bridgehead atoms. The molecule has 0 saturated carbocycles. The molecule has 24 heavy (non-hydrogen) atoms. The number of carbonyl (C=O) groups excluding carboxylic acids is 2. The van der Waals surface area contributed by atoms with Gasteiger partial charge >= 0.3 is 0 Å². The van der Waals surface area contributed by atoms with E-state index < -0.39 is 23.7 Å². The molecule has 0 radical (unpaired) electrons. The number of halogens is 1. The fourth-order valence-corrected chi connectivity index (χ4v) is 1.96. The lowest BCUT2D eigenvalue weighted by molar-refractivity contribution is -0.132. The van der Waals surface area contributed by atoms with E-state index in [4.69, 9.17) is 9.26 Å². The summed E-state index contributed by atoms with van der Waals surface area (Å²) in [4.78, 5) is 23.8. The molecule has 128 valence electrons. The molecule has 0 aliphatic carbocycles. The molecular formula is C16H18FN3O4.